The molecule has 27 heavy (non-hydrogen) atoms. The first-order valence-corrected chi connectivity index (χ1v) is 9.73. The second-order valence-electron chi connectivity index (χ2n) is 9.45. The van der Waals surface area contributed by atoms with Gasteiger partial charge in [0.25, 0.3) is 5.91 Å². The highest BCUT2D eigenvalue weighted by Crippen LogP contribution is 2.40. The lowest BCUT2D eigenvalue weighted by Crippen LogP contribution is -2.38. The zero-order chi connectivity index (χ0) is 20.0. The van der Waals surface area contributed by atoms with Crippen LogP contribution in [0.25, 0.3) is 0 Å². The quantitative estimate of drug-likeness (QED) is 0.862. The molecule has 0 radical (unpaired) electrons. The second-order valence-corrected chi connectivity index (χ2v) is 9.45. The Morgan fingerprint density at radius 2 is 2.07 bits per heavy atom. The van der Waals surface area contributed by atoms with Gasteiger partial charge in [-0.2, -0.15) is 5.10 Å². The number of fused-ring (bicyclic) bond motifs is 1. The molecule has 2 aromatic rings. The summed E-state index contributed by atoms with van der Waals surface area (Å²) in [4.78, 5) is 22.3. The smallest absolute Gasteiger partial charge is 0.272 e. The molecule has 1 aliphatic carbocycles. The third-order valence-corrected chi connectivity index (χ3v) is 5.33. The molecule has 1 atom stereocenters. The van der Waals surface area contributed by atoms with Crippen molar-refractivity contribution in [3.05, 3.63) is 40.2 Å². The normalized spacial score (nSPS) is 18.9. The molecule has 146 valence electrons. The van der Waals surface area contributed by atoms with Crippen molar-refractivity contribution in [1.82, 2.24) is 25.5 Å². The summed E-state index contributed by atoms with van der Waals surface area (Å²) in [6.07, 6.45) is 4.47. The maximum atomic E-state index is 12.9. The van der Waals surface area contributed by atoms with E-state index in [2.05, 4.69) is 55.1 Å². The van der Waals surface area contributed by atoms with Crippen LogP contribution in [-0.4, -0.2) is 26.1 Å². The fourth-order valence-corrected chi connectivity index (χ4v) is 3.76. The highest BCUT2D eigenvalue weighted by molar-refractivity contribution is 5.94. The van der Waals surface area contributed by atoms with Gasteiger partial charge < -0.3 is 5.32 Å². The van der Waals surface area contributed by atoms with Gasteiger partial charge in [0.1, 0.15) is 5.82 Å². The van der Waals surface area contributed by atoms with E-state index in [1.807, 2.05) is 20.0 Å². The van der Waals surface area contributed by atoms with E-state index in [9.17, 15) is 4.79 Å². The minimum Gasteiger partial charge on any atom is -0.344 e. The fourth-order valence-electron chi connectivity index (χ4n) is 3.76. The number of rotatable bonds is 3. The van der Waals surface area contributed by atoms with Crippen LogP contribution in [0.1, 0.15) is 92.8 Å². The van der Waals surface area contributed by atoms with Gasteiger partial charge in [0.15, 0.2) is 5.69 Å². The minimum absolute atomic E-state index is 0.0592. The van der Waals surface area contributed by atoms with Crippen LogP contribution in [0, 0.1) is 12.3 Å². The summed E-state index contributed by atoms with van der Waals surface area (Å²) in [6, 6.07) is -0.105. The van der Waals surface area contributed by atoms with Gasteiger partial charge in [-0.15, -0.1) is 0 Å². The maximum Gasteiger partial charge on any atom is 0.272 e. The molecule has 0 bridgehead atoms. The van der Waals surface area contributed by atoms with Gasteiger partial charge in [-0.05, 0) is 31.6 Å². The SMILES string of the molecule is CCc1[nH]nc(C(=O)N[C@@H]2CC(C)(C)Cc3nc(C(C)(C)C)ncc32)c1C. The highest BCUT2D eigenvalue weighted by Gasteiger charge is 2.35. The van der Waals surface area contributed by atoms with Crippen LogP contribution >= 0.6 is 0 Å². The Labute approximate surface area is 161 Å². The van der Waals surface area contributed by atoms with Crippen molar-refractivity contribution >= 4 is 5.91 Å². The Hall–Kier alpha value is -2.24. The van der Waals surface area contributed by atoms with E-state index in [-0.39, 0.29) is 22.8 Å². The molecule has 0 aromatic carbocycles. The van der Waals surface area contributed by atoms with Crippen LogP contribution in [-0.2, 0) is 18.3 Å². The number of hydrogen-bond donors (Lipinski definition) is 2. The summed E-state index contributed by atoms with van der Waals surface area (Å²) in [5.74, 6) is 0.705. The average molecular weight is 370 g/mol. The largest absolute Gasteiger partial charge is 0.344 e. The topological polar surface area (TPSA) is 83.6 Å². The second kappa shape index (κ2) is 6.73. The lowest BCUT2D eigenvalue weighted by molar-refractivity contribution is 0.0913. The molecule has 0 saturated carbocycles. The number of aryl methyl sites for hydroxylation is 1. The summed E-state index contributed by atoms with van der Waals surface area (Å²) in [7, 11) is 0. The zero-order valence-electron chi connectivity index (χ0n) is 17.5. The lowest BCUT2D eigenvalue weighted by atomic mass is 9.74. The molecule has 2 N–H and O–H groups in total. The Morgan fingerprint density at radius 3 is 2.67 bits per heavy atom. The van der Waals surface area contributed by atoms with E-state index in [0.717, 1.165) is 47.6 Å². The number of amides is 1. The summed E-state index contributed by atoms with van der Waals surface area (Å²) < 4.78 is 0. The predicted octanol–water partition coefficient (Wildman–Crippen LogP) is 3.81. The fraction of sp³-hybridized carbons (Fsp3) is 0.619. The van der Waals surface area contributed by atoms with Crippen molar-refractivity contribution in [2.75, 3.05) is 0 Å². The Morgan fingerprint density at radius 1 is 1.37 bits per heavy atom. The van der Waals surface area contributed by atoms with Crippen LogP contribution in [0.15, 0.2) is 6.20 Å². The summed E-state index contributed by atoms with van der Waals surface area (Å²) in [5, 5.41) is 10.4. The van der Waals surface area contributed by atoms with Gasteiger partial charge >= 0.3 is 0 Å². The number of hydrogen-bond acceptors (Lipinski definition) is 4. The molecule has 1 aliphatic rings. The Kier molecular flexibility index (Phi) is 4.87. The van der Waals surface area contributed by atoms with Crippen molar-refractivity contribution in [2.24, 2.45) is 5.41 Å². The molecule has 0 fully saturated rings. The van der Waals surface area contributed by atoms with Crippen molar-refractivity contribution in [3.63, 3.8) is 0 Å². The molecule has 0 aliphatic heterocycles. The molecule has 6 nitrogen and oxygen atoms in total. The van der Waals surface area contributed by atoms with E-state index in [0.29, 0.717) is 5.69 Å². The molecular formula is C21H31N5O. The maximum absolute atomic E-state index is 12.9. The van der Waals surface area contributed by atoms with Gasteiger partial charge in [0, 0.05) is 34.1 Å². The highest BCUT2D eigenvalue weighted by atomic mass is 16.2. The molecule has 0 spiro atoms. The molecule has 0 unspecified atom stereocenters. The Balaban J connectivity index is 1.92. The molecule has 0 saturated heterocycles. The number of H-pyrrole nitrogens is 1. The summed E-state index contributed by atoms with van der Waals surface area (Å²) in [5.41, 5.74) is 4.43. The van der Waals surface area contributed by atoms with Crippen molar-refractivity contribution in [3.8, 4) is 0 Å². The monoisotopic (exact) mass is 369 g/mol. The van der Waals surface area contributed by atoms with Gasteiger partial charge in [-0.25, -0.2) is 9.97 Å². The number of nitrogens with zero attached hydrogens (tertiary/aromatic N) is 3. The van der Waals surface area contributed by atoms with Gasteiger partial charge in [-0.1, -0.05) is 41.5 Å². The number of nitrogens with one attached hydrogen (secondary N) is 2. The first kappa shape index (κ1) is 19.5. The summed E-state index contributed by atoms with van der Waals surface area (Å²) in [6.45, 7) is 14.8. The van der Waals surface area contributed by atoms with Gasteiger partial charge in [0.2, 0.25) is 0 Å². The van der Waals surface area contributed by atoms with Crippen molar-refractivity contribution in [1.29, 1.82) is 0 Å². The third-order valence-electron chi connectivity index (χ3n) is 5.33. The predicted molar refractivity (Wildman–Crippen MR) is 106 cm³/mol. The van der Waals surface area contributed by atoms with Crippen LogP contribution in [0.4, 0.5) is 0 Å². The average Bonchev–Trinajstić information content (AvgIpc) is 2.93. The van der Waals surface area contributed by atoms with Crippen molar-refractivity contribution < 1.29 is 4.79 Å². The van der Waals surface area contributed by atoms with Crippen LogP contribution in [0.5, 0.6) is 0 Å². The van der Waals surface area contributed by atoms with Gasteiger partial charge in [0.05, 0.1) is 6.04 Å². The number of aromatic nitrogens is 4. The van der Waals surface area contributed by atoms with E-state index in [1.54, 1.807) is 0 Å². The molecule has 6 heteroatoms. The number of carbonyl (C=O) groups is 1. The zero-order valence-corrected chi connectivity index (χ0v) is 17.5. The Bertz CT molecular complexity index is 860. The molecule has 2 heterocycles. The minimum atomic E-state index is -0.142. The standard InChI is InChI=1S/C21H31N5O/c1-8-14-12(2)17(26-25-14)18(27)23-15-9-21(6,7)10-16-13(15)11-22-19(24-16)20(3,4)5/h11,15H,8-10H2,1-7H3,(H,23,27)(H,25,26)/t15-/m1/s1. The lowest BCUT2D eigenvalue weighted by Gasteiger charge is -2.37. The first-order valence-electron chi connectivity index (χ1n) is 9.73. The molecule has 3 rings (SSSR count). The van der Waals surface area contributed by atoms with Crippen LogP contribution in [0.3, 0.4) is 0 Å². The number of aromatic amines is 1. The van der Waals surface area contributed by atoms with E-state index in [1.165, 1.54) is 0 Å². The number of carbonyl (C=O) groups excluding carboxylic acids is 1. The van der Waals surface area contributed by atoms with Crippen LogP contribution < -0.4 is 5.32 Å². The van der Waals surface area contributed by atoms with E-state index < -0.39 is 0 Å². The summed E-state index contributed by atoms with van der Waals surface area (Å²) >= 11 is 0. The van der Waals surface area contributed by atoms with E-state index in [4.69, 9.17) is 4.98 Å². The van der Waals surface area contributed by atoms with E-state index >= 15 is 0 Å². The van der Waals surface area contributed by atoms with Crippen LogP contribution in [0.2, 0.25) is 0 Å². The van der Waals surface area contributed by atoms with Crippen molar-refractivity contribution in [2.45, 2.75) is 79.2 Å². The van der Waals surface area contributed by atoms with Gasteiger partial charge in [-0.3, -0.25) is 9.89 Å². The first-order chi connectivity index (χ1) is 12.5. The molecule has 1 amide bonds. The molecule has 2 aromatic heterocycles. The molecular weight excluding hydrogens is 338 g/mol. The third kappa shape index (κ3) is 3.89.